The van der Waals surface area contributed by atoms with E-state index in [1.54, 1.807) is 6.20 Å². The Balaban J connectivity index is 2.49. The van der Waals surface area contributed by atoms with E-state index in [0.717, 1.165) is 22.7 Å². The third-order valence-corrected chi connectivity index (χ3v) is 2.96. The van der Waals surface area contributed by atoms with Gasteiger partial charge in [-0.3, -0.25) is 4.57 Å². The zero-order valence-corrected chi connectivity index (χ0v) is 11.1. The molecule has 0 radical (unpaired) electrons. The third-order valence-electron chi connectivity index (χ3n) is 2.14. The van der Waals surface area contributed by atoms with E-state index in [-0.39, 0.29) is 0 Å². The van der Waals surface area contributed by atoms with Crippen molar-refractivity contribution in [2.75, 3.05) is 11.9 Å². The molecule has 0 amide bonds. The third kappa shape index (κ3) is 2.23. The van der Waals surface area contributed by atoms with Crippen molar-refractivity contribution in [3.8, 4) is 5.69 Å². The first-order valence-corrected chi connectivity index (χ1v) is 6.12. The molecule has 1 N–H and O–H groups in total. The summed E-state index contributed by atoms with van der Waals surface area (Å²) in [6.07, 6.45) is 3.63. The van der Waals surface area contributed by atoms with Gasteiger partial charge in [-0.2, -0.15) is 0 Å². The van der Waals surface area contributed by atoms with Crippen molar-refractivity contribution in [2.24, 2.45) is 0 Å². The minimum Gasteiger partial charge on any atom is -0.356 e. The molecule has 1 aromatic carbocycles. The van der Waals surface area contributed by atoms with Gasteiger partial charge in [0.15, 0.2) is 0 Å². The summed E-state index contributed by atoms with van der Waals surface area (Å²) in [5, 5.41) is 3.87. The van der Waals surface area contributed by atoms with Gasteiger partial charge in [0.25, 0.3) is 0 Å². The molecular weight excluding hydrogens is 289 g/mol. The van der Waals surface area contributed by atoms with Crippen LogP contribution in [0, 0.1) is 0 Å². The Hall–Kier alpha value is -1.000. The normalized spacial score (nSPS) is 10.4. The van der Waals surface area contributed by atoms with Crippen molar-refractivity contribution in [1.82, 2.24) is 9.55 Å². The van der Waals surface area contributed by atoms with Crippen molar-refractivity contribution in [3.05, 3.63) is 40.1 Å². The second-order valence-electron chi connectivity index (χ2n) is 3.25. The van der Waals surface area contributed by atoms with E-state index in [0.29, 0.717) is 5.02 Å². The second kappa shape index (κ2) is 4.89. The SMILES string of the molecule is CCNc1nccn1-c1cc(Br)ccc1Cl. The highest BCUT2D eigenvalue weighted by Gasteiger charge is 2.07. The van der Waals surface area contributed by atoms with E-state index in [2.05, 4.69) is 26.2 Å². The van der Waals surface area contributed by atoms with E-state index in [9.17, 15) is 0 Å². The van der Waals surface area contributed by atoms with Crippen LogP contribution in [0.25, 0.3) is 5.69 Å². The predicted octanol–water partition coefficient (Wildman–Crippen LogP) is 3.72. The summed E-state index contributed by atoms with van der Waals surface area (Å²) in [7, 11) is 0. The lowest BCUT2D eigenvalue weighted by Crippen LogP contribution is -2.05. The van der Waals surface area contributed by atoms with Crippen molar-refractivity contribution in [1.29, 1.82) is 0 Å². The van der Waals surface area contributed by atoms with Crippen LogP contribution in [0.15, 0.2) is 35.1 Å². The van der Waals surface area contributed by atoms with Gasteiger partial charge < -0.3 is 5.32 Å². The molecule has 0 bridgehead atoms. The Labute approximate surface area is 108 Å². The molecule has 84 valence electrons. The summed E-state index contributed by atoms with van der Waals surface area (Å²) >= 11 is 9.60. The fraction of sp³-hybridized carbons (Fsp3) is 0.182. The van der Waals surface area contributed by atoms with Crippen LogP contribution in [0.1, 0.15) is 6.92 Å². The number of benzene rings is 1. The Morgan fingerprint density at radius 1 is 1.50 bits per heavy atom. The van der Waals surface area contributed by atoms with Crippen LogP contribution in [-0.4, -0.2) is 16.1 Å². The molecular formula is C11H11BrClN3. The fourth-order valence-corrected chi connectivity index (χ4v) is 2.01. The first-order valence-electron chi connectivity index (χ1n) is 4.95. The molecule has 0 saturated carbocycles. The van der Waals surface area contributed by atoms with Gasteiger partial charge in [-0.15, -0.1) is 0 Å². The number of anilines is 1. The molecule has 16 heavy (non-hydrogen) atoms. The van der Waals surface area contributed by atoms with Crippen molar-refractivity contribution in [2.45, 2.75) is 6.92 Å². The Morgan fingerprint density at radius 3 is 3.06 bits per heavy atom. The van der Waals surface area contributed by atoms with Crippen molar-refractivity contribution >= 4 is 33.5 Å². The van der Waals surface area contributed by atoms with E-state index in [1.165, 1.54) is 0 Å². The van der Waals surface area contributed by atoms with Crippen LogP contribution in [0.2, 0.25) is 5.02 Å². The van der Waals surface area contributed by atoms with Gasteiger partial charge in [-0.25, -0.2) is 4.98 Å². The summed E-state index contributed by atoms with van der Waals surface area (Å²) in [5.41, 5.74) is 0.907. The Kier molecular flexibility index (Phi) is 3.51. The highest BCUT2D eigenvalue weighted by atomic mass is 79.9. The molecule has 5 heteroatoms. The van der Waals surface area contributed by atoms with E-state index in [4.69, 9.17) is 11.6 Å². The molecule has 2 rings (SSSR count). The minimum atomic E-state index is 0.695. The standard InChI is InChI=1S/C11H11BrClN3/c1-2-14-11-15-5-6-16(11)10-7-8(12)3-4-9(10)13/h3-7H,2H2,1H3,(H,14,15). The first kappa shape index (κ1) is 11.5. The largest absolute Gasteiger partial charge is 0.356 e. The number of halogens is 2. The van der Waals surface area contributed by atoms with Crippen LogP contribution in [0.3, 0.4) is 0 Å². The van der Waals surface area contributed by atoms with Gasteiger partial charge in [0.2, 0.25) is 5.95 Å². The molecule has 0 aliphatic rings. The lowest BCUT2D eigenvalue weighted by atomic mass is 10.3. The fourth-order valence-electron chi connectivity index (χ4n) is 1.46. The van der Waals surface area contributed by atoms with Crippen LogP contribution in [0.4, 0.5) is 5.95 Å². The average Bonchev–Trinajstić information content (AvgIpc) is 2.70. The van der Waals surface area contributed by atoms with Crippen LogP contribution < -0.4 is 5.32 Å². The molecule has 0 aliphatic carbocycles. The molecule has 0 atom stereocenters. The summed E-state index contributed by atoms with van der Waals surface area (Å²) in [4.78, 5) is 4.23. The zero-order chi connectivity index (χ0) is 11.5. The van der Waals surface area contributed by atoms with Gasteiger partial charge in [-0.1, -0.05) is 27.5 Å². The van der Waals surface area contributed by atoms with E-state index in [1.807, 2.05) is 35.9 Å². The molecule has 3 nitrogen and oxygen atoms in total. The lowest BCUT2D eigenvalue weighted by molar-refractivity contribution is 1.02. The van der Waals surface area contributed by atoms with Crippen molar-refractivity contribution in [3.63, 3.8) is 0 Å². The molecule has 1 heterocycles. The lowest BCUT2D eigenvalue weighted by Gasteiger charge is -2.10. The number of imidazole rings is 1. The Morgan fingerprint density at radius 2 is 2.31 bits per heavy atom. The molecule has 0 unspecified atom stereocenters. The van der Waals surface area contributed by atoms with Gasteiger partial charge in [0.1, 0.15) is 0 Å². The van der Waals surface area contributed by atoms with E-state index >= 15 is 0 Å². The number of nitrogens with zero attached hydrogens (tertiary/aromatic N) is 2. The van der Waals surface area contributed by atoms with Gasteiger partial charge in [0, 0.05) is 23.4 Å². The average molecular weight is 301 g/mol. The maximum Gasteiger partial charge on any atom is 0.207 e. The van der Waals surface area contributed by atoms with Gasteiger partial charge >= 0.3 is 0 Å². The summed E-state index contributed by atoms with van der Waals surface area (Å²) in [5.74, 6) is 0.794. The number of aromatic nitrogens is 2. The molecule has 0 fully saturated rings. The van der Waals surface area contributed by atoms with Crippen LogP contribution in [-0.2, 0) is 0 Å². The monoisotopic (exact) mass is 299 g/mol. The molecule has 0 spiro atoms. The molecule has 2 aromatic rings. The van der Waals surface area contributed by atoms with Crippen LogP contribution in [0.5, 0.6) is 0 Å². The summed E-state index contributed by atoms with van der Waals surface area (Å²) in [6.45, 7) is 2.85. The van der Waals surface area contributed by atoms with E-state index < -0.39 is 0 Å². The maximum atomic E-state index is 6.16. The minimum absolute atomic E-state index is 0.695. The quantitative estimate of drug-likeness (QED) is 0.936. The maximum absolute atomic E-state index is 6.16. The topological polar surface area (TPSA) is 29.9 Å². The molecule has 1 aromatic heterocycles. The van der Waals surface area contributed by atoms with Crippen LogP contribution >= 0.6 is 27.5 Å². The van der Waals surface area contributed by atoms with Gasteiger partial charge in [-0.05, 0) is 25.1 Å². The Bertz CT molecular complexity index is 496. The molecule has 0 aliphatic heterocycles. The number of nitrogens with one attached hydrogen (secondary N) is 1. The number of hydrogen-bond donors (Lipinski definition) is 1. The smallest absolute Gasteiger partial charge is 0.207 e. The second-order valence-corrected chi connectivity index (χ2v) is 4.57. The summed E-state index contributed by atoms with van der Waals surface area (Å²) in [6, 6.07) is 5.73. The number of hydrogen-bond acceptors (Lipinski definition) is 2. The zero-order valence-electron chi connectivity index (χ0n) is 8.74. The van der Waals surface area contributed by atoms with Gasteiger partial charge in [0.05, 0.1) is 10.7 Å². The van der Waals surface area contributed by atoms with Crippen molar-refractivity contribution < 1.29 is 0 Å². The summed E-state index contributed by atoms with van der Waals surface area (Å²) < 4.78 is 2.92. The predicted molar refractivity (Wildman–Crippen MR) is 70.4 cm³/mol. The number of rotatable bonds is 3. The molecule has 0 saturated heterocycles. The highest BCUT2D eigenvalue weighted by molar-refractivity contribution is 9.10. The highest BCUT2D eigenvalue weighted by Crippen LogP contribution is 2.26. The first-order chi connectivity index (χ1) is 7.72.